The molecular formula is C9H9N3O2. The zero-order valence-corrected chi connectivity index (χ0v) is 7.56. The number of H-pyrrole nitrogens is 1. The highest BCUT2D eigenvalue weighted by atomic mass is 16.3. The van der Waals surface area contributed by atoms with E-state index < -0.39 is 0 Å². The molecule has 0 atom stereocenters. The average molecular weight is 191 g/mol. The van der Waals surface area contributed by atoms with Gasteiger partial charge in [0.25, 0.3) is 0 Å². The monoisotopic (exact) mass is 191 g/mol. The molecule has 0 saturated carbocycles. The fourth-order valence-electron chi connectivity index (χ4n) is 1.18. The van der Waals surface area contributed by atoms with Gasteiger partial charge in [-0.1, -0.05) is 6.07 Å². The van der Waals surface area contributed by atoms with Gasteiger partial charge in [0.1, 0.15) is 12.1 Å². The van der Waals surface area contributed by atoms with Gasteiger partial charge in [-0.3, -0.25) is 0 Å². The Hall–Kier alpha value is -2.04. The van der Waals surface area contributed by atoms with Gasteiger partial charge in [0, 0.05) is 6.07 Å². The molecule has 0 amide bonds. The molecule has 0 aliphatic rings. The second-order valence-corrected chi connectivity index (χ2v) is 3.00. The lowest BCUT2D eigenvalue weighted by molar-refractivity contribution is 0.471. The molecule has 0 spiro atoms. The molecule has 14 heavy (non-hydrogen) atoms. The lowest BCUT2D eigenvalue weighted by Crippen LogP contribution is -2.13. The first-order valence-corrected chi connectivity index (χ1v) is 4.10. The quantitative estimate of drug-likeness (QED) is 0.692. The van der Waals surface area contributed by atoms with Crippen molar-refractivity contribution in [2.24, 2.45) is 0 Å². The zero-order chi connectivity index (χ0) is 10.1. The normalized spacial score (nSPS) is 10.4. The molecule has 0 fully saturated rings. The van der Waals surface area contributed by atoms with E-state index in [0.29, 0.717) is 5.69 Å². The Morgan fingerprint density at radius 1 is 1.50 bits per heavy atom. The van der Waals surface area contributed by atoms with Crippen LogP contribution < -0.4 is 5.69 Å². The number of benzene rings is 1. The molecule has 5 heteroatoms. The van der Waals surface area contributed by atoms with Crippen molar-refractivity contribution in [2.45, 2.75) is 6.92 Å². The third-order valence-electron chi connectivity index (χ3n) is 2.02. The molecule has 5 nitrogen and oxygen atoms in total. The number of aryl methyl sites for hydroxylation is 1. The van der Waals surface area contributed by atoms with Gasteiger partial charge in [-0.2, -0.15) is 5.10 Å². The Labute approximate surface area is 79.6 Å². The van der Waals surface area contributed by atoms with Crippen LogP contribution in [0.2, 0.25) is 0 Å². The van der Waals surface area contributed by atoms with Crippen LogP contribution in [0.25, 0.3) is 5.69 Å². The summed E-state index contributed by atoms with van der Waals surface area (Å²) in [5.41, 5.74) is 1.03. The second-order valence-electron chi connectivity index (χ2n) is 3.00. The minimum absolute atomic E-state index is 0.163. The van der Waals surface area contributed by atoms with Crippen molar-refractivity contribution < 1.29 is 5.11 Å². The van der Waals surface area contributed by atoms with Crippen molar-refractivity contribution in [1.82, 2.24) is 14.8 Å². The van der Waals surface area contributed by atoms with Gasteiger partial charge in [0.2, 0.25) is 0 Å². The summed E-state index contributed by atoms with van der Waals surface area (Å²) in [5.74, 6) is 0.163. The van der Waals surface area contributed by atoms with E-state index in [2.05, 4.69) is 10.2 Å². The SMILES string of the molecule is Cc1ccc(-n2cn[nH]c2=O)cc1O. The molecule has 72 valence electrons. The molecule has 1 heterocycles. The van der Waals surface area contributed by atoms with Gasteiger partial charge in [-0.15, -0.1) is 0 Å². The summed E-state index contributed by atoms with van der Waals surface area (Å²) >= 11 is 0. The molecule has 0 unspecified atom stereocenters. The van der Waals surface area contributed by atoms with Gasteiger partial charge in [-0.25, -0.2) is 14.5 Å². The lowest BCUT2D eigenvalue weighted by Gasteiger charge is -2.02. The molecule has 0 aliphatic carbocycles. The van der Waals surface area contributed by atoms with Crippen molar-refractivity contribution in [3.8, 4) is 11.4 Å². The Morgan fingerprint density at radius 2 is 2.29 bits per heavy atom. The van der Waals surface area contributed by atoms with Crippen LogP contribution in [-0.4, -0.2) is 19.9 Å². The van der Waals surface area contributed by atoms with E-state index in [0.717, 1.165) is 5.56 Å². The van der Waals surface area contributed by atoms with E-state index in [9.17, 15) is 9.90 Å². The van der Waals surface area contributed by atoms with Crippen molar-refractivity contribution in [2.75, 3.05) is 0 Å². The highest BCUT2D eigenvalue weighted by molar-refractivity contribution is 5.43. The van der Waals surface area contributed by atoms with E-state index >= 15 is 0 Å². The predicted molar refractivity (Wildman–Crippen MR) is 50.6 cm³/mol. The van der Waals surface area contributed by atoms with Crippen LogP contribution >= 0.6 is 0 Å². The first-order chi connectivity index (χ1) is 6.68. The van der Waals surface area contributed by atoms with Crippen LogP contribution in [0.3, 0.4) is 0 Å². The topological polar surface area (TPSA) is 70.9 Å². The standard InChI is InChI=1S/C9H9N3O2/c1-6-2-3-7(4-8(6)13)12-5-10-11-9(12)14/h2-5,13H,1H3,(H,11,14). The van der Waals surface area contributed by atoms with E-state index in [1.165, 1.54) is 17.0 Å². The van der Waals surface area contributed by atoms with Crippen molar-refractivity contribution in [1.29, 1.82) is 0 Å². The number of hydrogen-bond acceptors (Lipinski definition) is 3. The van der Waals surface area contributed by atoms with Gasteiger partial charge in [-0.05, 0) is 18.6 Å². The second kappa shape index (κ2) is 3.02. The summed E-state index contributed by atoms with van der Waals surface area (Å²) in [6.07, 6.45) is 1.37. The van der Waals surface area contributed by atoms with Crippen molar-refractivity contribution >= 4 is 0 Å². The van der Waals surface area contributed by atoms with Crippen LogP contribution in [0.1, 0.15) is 5.56 Å². The lowest BCUT2D eigenvalue weighted by atomic mass is 10.2. The van der Waals surface area contributed by atoms with Crippen molar-refractivity contribution in [3.63, 3.8) is 0 Å². The fourth-order valence-corrected chi connectivity index (χ4v) is 1.18. The molecule has 0 saturated heterocycles. The third kappa shape index (κ3) is 1.28. The van der Waals surface area contributed by atoms with Crippen LogP contribution in [0.5, 0.6) is 5.75 Å². The number of nitrogens with one attached hydrogen (secondary N) is 1. The Kier molecular flexibility index (Phi) is 1.85. The van der Waals surface area contributed by atoms with Crippen LogP contribution in [0.4, 0.5) is 0 Å². The molecule has 1 aromatic heterocycles. The molecule has 0 radical (unpaired) electrons. The summed E-state index contributed by atoms with van der Waals surface area (Å²) < 4.78 is 1.32. The Balaban J connectivity index is 2.59. The Bertz CT molecular complexity index is 513. The van der Waals surface area contributed by atoms with Crippen LogP contribution in [-0.2, 0) is 0 Å². The number of hydrogen-bond donors (Lipinski definition) is 2. The van der Waals surface area contributed by atoms with E-state index in [1.54, 1.807) is 19.1 Å². The molecule has 2 N–H and O–H groups in total. The summed E-state index contributed by atoms with van der Waals surface area (Å²) in [5, 5.41) is 15.3. The number of nitrogens with zero attached hydrogens (tertiary/aromatic N) is 2. The summed E-state index contributed by atoms with van der Waals surface area (Å²) in [4.78, 5) is 11.2. The minimum atomic E-state index is -0.326. The first-order valence-electron chi connectivity index (χ1n) is 4.10. The summed E-state index contributed by atoms with van der Waals surface area (Å²) in [7, 11) is 0. The molecule has 0 bridgehead atoms. The molecule has 1 aromatic carbocycles. The molecule has 2 aromatic rings. The highest BCUT2D eigenvalue weighted by Crippen LogP contribution is 2.18. The van der Waals surface area contributed by atoms with E-state index in [1.807, 2.05) is 0 Å². The summed E-state index contributed by atoms with van der Waals surface area (Å²) in [6.45, 7) is 1.79. The number of aromatic hydroxyl groups is 1. The molecular weight excluding hydrogens is 182 g/mol. The fraction of sp³-hybridized carbons (Fsp3) is 0.111. The Morgan fingerprint density at radius 3 is 2.86 bits per heavy atom. The number of rotatable bonds is 1. The number of phenolic OH excluding ortho intramolecular Hbond substituents is 1. The summed E-state index contributed by atoms with van der Waals surface area (Å²) in [6, 6.07) is 5.00. The van der Waals surface area contributed by atoms with Crippen molar-refractivity contribution in [3.05, 3.63) is 40.6 Å². The van der Waals surface area contributed by atoms with E-state index in [4.69, 9.17) is 0 Å². The third-order valence-corrected chi connectivity index (χ3v) is 2.02. The predicted octanol–water partition coefficient (Wildman–Crippen LogP) is 0.575. The largest absolute Gasteiger partial charge is 0.508 e. The highest BCUT2D eigenvalue weighted by Gasteiger charge is 2.02. The van der Waals surface area contributed by atoms with Crippen LogP contribution in [0, 0.1) is 6.92 Å². The molecule has 0 aliphatic heterocycles. The maximum Gasteiger partial charge on any atom is 0.347 e. The number of phenols is 1. The number of aromatic nitrogens is 3. The maximum absolute atomic E-state index is 11.2. The smallest absolute Gasteiger partial charge is 0.347 e. The van der Waals surface area contributed by atoms with Crippen LogP contribution in [0.15, 0.2) is 29.3 Å². The first kappa shape index (κ1) is 8.55. The average Bonchev–Trinajstić information content (AvgIpc) is 2.57. The van der Waals surface area contributed by atoms with Gasteiger partial charge in [0.05, 0.1) is 5.69 Å². The number of aromatic amines is 1. The van der Waals surface area contributed by atoms with Gasteiger partial charge in [0.15, 0.2) is 0 Å². The molecule has 2 rings (SSSR count). The van der Waals surface area contributed by atoms with Gasteiger partial charge >= 0.3 is 5.69 Å². The zero-order valence-electron chi connectivity index (χ0n) is 7.56. The van der Waals surface area contributed by atoms with Gasteiger partial charge < -0.3 is 5.11 Å². The minimum Gasteiger partial charge on any atom is -0.508 e. The maximum atomic E-state index is 11.2. The van der Waals surface area contributed by atoms with E-state index in [-0.39, 0.29) is 11.4 Å².